The summed E-state index contributed by atoms with van der Waals surface area (Å²) in [5, 5.41) is 0. The second-order valence-corrected chi connectivity index (χ2v) is 5.02. The van der Waals surface area contributed by atoms with E-state index in [0.717, 1.165) is 14.7 Å². The lowest BCUT2D eigenvalue weighted by Crippen LogP contribution is -1.82. The Bertz CT molecular complexity index is 472. The summed E-state index contributed by atoms with van der Waals surface area (Å²) < 4.78 is 0. The molecule has 0 aromatic heterocycles. The molecule has 0 atom stereocenters. The lowest BCUT2D eigenvalue weighted by atomic mass is 10.1. The van der Waals surface area contributed by atoms with Gasteiger partial charge in [0.1, 0.15) is 0 Å². The maximum atomic E-state index is 4.33. The standard InChI is InChI=1S/C12H10S3/c13-10-3-1-2-8(4-10)9-5-11(14)7-12(15)6-9/h1-7,13-15H/p+2. The van der Waals surface area contributed by atoms with Crippen molar-refractivity contribution in [1.82, 2.24) is 0 Å². The molecule has 0 aliphatic heterocycles. The number of benzene rings is 2. The second kappa shape index (κ2) is 4.56. The minimum atomic E-state index is 0.974. The van der Waals surface area contributed by atoms with E-state index in [2.05, 4.69) is 62.2 Å². The van der Waals surface area contributed by atoms with Gasteiger partial charge in [0.2, 0.25) is 0 Å². The Morgan fingerprint density at radius 2 is 1.47 bits per heavy atom. The molecule has 0 aliphatic rings. The minimum Gasteiger partial charge on any atom is -0.143 e. The van der Waals surface area contributed by atoms with Gasteiger partial charge in [0.15, 0.2) is 9.79 Å². The Balaban J connectivity index is 2.54. The zero-order chi connectivity index (χ0) is 10.8. The molecule has 0 N–H and O–H groups in total. The van der Waals surface area contributed by atoms with Gasteiger partial charge in [-0.05, 0) is 48.5 Å². The highest BCUT2D eigenvalue weighted by atomic mass is 32.1. The molecule has 0 aliphatic carbocycles. The molecule has 0 unspecified atom stereocenters. The van der Waals surface area contributed by atoms with Crippen molar-refractivity contribution in [2.75, 3.05) is 0 Å². The third-order valence-electron chi connectivity index (χ3n) is 2.11. The Kier molecular flexibility index (Phi) is 3.34. The van der Waals surface area contributed by atoms with E-state index in [9.17, 15) is 0 Å². The molecule has 15 heavy (non-hydrogen) atoms. The fraction of sp³-hybridized carbons (Fsp3) is 0. The predicted molar refractivity (Wildman–Crippen MR) is 76.0 cm³/mol. The van der Waals surface area contributed by atoms with Crippen molar-refractivity contribution in [1.29, 1.82) is 0 Å². The molecule has 0 nitrogen and oxygen atoms in total. The van der Waals surface area contributed by atoms with Gasteiger partial charge >= 0.3 is 0 Å². The fourth-order valence-electron chi connectivity index (χ4n) is 1.48. The normalized spacial score (nSPS) is 10.3. The van der Waals surface area contributed by atoms with Gasteiger partial charge in [-0.25, -0.2) is 0 Å². The molecule has 0 saturated heterocycles. The van der Waals surface area contributed by atoms with Crippen molar-refractivity contribution >= 4 is 37.9 Å². The zero-order valence-corrected chi connectivity index (χ0v) is 10.9. The SMILES string of the molecule is Sc1cccc(-c2cc([SH2+])cc([SH2+])c2)c1. The molecule has 0 radical (unpaired) electrons. The number of thiol groups is 1. The summed E-state index contributed by atoms with van der Waals surface area (Å²) in [6.07, 6.45) is 0. The first kappa shape index (κ1) is 11.0. The van der Waals surface area contributed by atoms with Gasteiger partial charge in [-0.2, -0.15) is 0 Å². The van der Waals surface area contributed by atoms with Crippen molar-refractivity contribution in [3.05, 3.63) is 42.5 Å². The van der Waals surface area contributed by atoms with E-state index in [1.54, 1.807) is 0 Å². The van der Waals surface area contributed by atoms with Crippen molar-refractivity contribution in [2.24, 2.45) is 0 Å². The van der Waals surface area contributed by atoms with E-state index >= 15 is 0 Å². The molecule has 2 aromatic rings. The summed E-state index contributed by atoms with van der Waals surface area (Å²) >= 11 is 11.4. The molecule has 0 amide bonds. The lowest BCUT2D eigenvalue weighted by molar-refractivity contribution is 1.34. The Morgan fingerprint density at radius 3 is 2.07 bits per heavy atom. The monoisotopic (exact) mass is 252 g/mol. The molecule has 0 fully saturated rings. The highest BCUT2D eigenvalue weighted by Gasteiger charge is 2.05. The van der Waals surface area contributed by atoms with Crippen molar-refractivity contribution in [3.63, 3.8) is 0 Å². The van der Waals surface area contributed by atoms with Crippen LogP contribution in [0.4, 0.5) is 0 Å². The fourth-order valence-corrected chi connectivity index (χ4v) is 2.47. The van der Waals surface area contributed by atoms with Crippen LogP contribution in [0.5, 0.6) is 0 Å². The highest BCUT2D eigenvalue weighted by Crippen LogP contribution is 2.24. The van der Waals surface area contributed by atoms with Crippen LogP contribution in [-0.2, 0) is 25.3 Å². The van der Waals surface area contributed by atoms with Gasteiger partial charge in [-0.3, -0.25) is 0 Å². The molecule has 0 heterocycles. The van der Waals surface area contributed by atoms with E-state index in [1.807, 2.05) is 18.2 Å². The maximum absolute atomic E-state index is 4.33. The third kappa shape index (κ3) is 2.74. The molecule has 0 bridgehead atoms. The molecule has 2 rings (SSSR count). The van der Waals surface area contributed by atoms with Crippen molar-refractivity contribution in [2.45, 2.75) is 14.7 Å². The van der Waals surface area contributed by atoms with E-state index in [4.69, 9.17) is 0 Å². The average molecular weight is 252 g/mol. The van der Waals surface area contributed by atoms with Crippen molar-refractivity contribution < 1.29 is 0 Å². The molecule has 76 valence electrons. The Hall–Kier alpha value is -0.510. The highest BCUT2D eigenvalue weighted by molar-refractivity contribution is 7.80. The van der Waals surface area contributed by atoms with Gasteiger partial charge in [-0.15, -0.1) is 12.6 Å². The zero-order valence-electron chi connectivity index (χ0n) is 7.99. The van der Waals surface area contributed by atoms with Crippen LogP contribution in [0.2, 0.25) is 0 Å². The van der Waals surface area contributed by atoms with Gasteiger partial charge in [-0.1, -0.05) is 12.1 Å². The maximum Gasteiger partial charge on any atom is 0.155 e. The molecule has 0 saturated carbocycles. The quantitative estimate of drug-likeness (QED) is 0.585. The molecule has 3 heteroatoms. The van der Waals surface area contributed by atoms with Gasteiger partial charge in [0, 0.05) is 23.1 Å². The van der Waals surface area contributed by atoms with E-state index in [1.165, 1.54) is 11.1 Å². The molecular weight excluding hydrogens is 240 g/mol. The van der Waals surface area contributed by atoms with Crippen LogP contribution in [0, 0.1) is 0 Å². The van der Waals surface area contributed by atoms with Gasteiger partial charge in [0.05, 0.1) is 0 Å². The first-order valence-electron chi connectivity index (χ1n) is 4.53. The number of rotatable bonds is 1. The van der Waals surface area contributed by atoms with Crippen LogP contribution in [0.15, 0.2) is 57.2 Å². The van der Waals surface area contributed by atoms with Gasteiger partial charge < -0.3 is 0 Å². The summed E-state index contributed by atoms with van der Waals surface area (Å²) in [6.45, 7) is 0. The van der Waals surface area contributed by atoms with Crippen LogP contribution in [0.25, 0.3) is 11.1 Å². The second-order valence-electron chi connectivity index (χ2n) is 3.35. The summed E-state index contributed by atoms with van der Waals surface area (Å²) in [7, 11) is 0. The topological polar surface area (TPSA) is 0 Å². The van der Waals surface area contributed by atoms with Crippen LogP contribution in [0.3, 0.4) is 0 Å². The van der Waals surface area contributed by atoms with Crippen molar-refractivity contribution in [3.8, 4) is 11.1 Å². The minimum absolute atomic E-state index is 0.974. The molecule has 2 aromatic carbocycles. The first-order chi connectivity index (χ1) is 7.15. The van der Waals surface area contributed by atoms with Gasteiger partial charge in [0.25, 0.3) is 0 Å². The smallest absolute Gasteiger partial charge is 0.143 e. The van der Waals surface area contributed by atoms with E-state index in [-0.39, 0.29) is 0 Å². The van der Waals surface area contributed by atoms with Crippen LogP contribution in [0.1, 0.15) is 0 Å². The van der Waals surface area contributed by atoms with Crippen LogP contribution in [-0.4, -0.2) is 0 Å². The largest absolute Gasteiger partial charge is 0.155 e. The summed E-state index contributed by atoms with van der Waals surface area (Å²) in [5.74, 6) is 0. The Labute approximate surface area is 106 Å². The molecular formula is C12H12S3+2. The average Bonchev–Trinajstić information content (AvgIpc) is 2.16. The third-order valence-corrected chi connectivity index (χ3v) is 2.97. The summed E-state index contributed by atoms with van der Waals surface area (Å²) in [6, 6.07) is 14.3. The van der Waals surface area contributed by atoms with Crippen LogP contribution < -0.4 is 0 Å². The molecule has 0 spiro atoms. The predicted octanol–water partition coefficient (Wildman–Crippen LogP) is 2.38. The van der Waals surface area contributed by atoms with E-state index in [0.29, 0.717) is 0 Å². The summed E-state index contributed by atoms with van der Waals surface area (Å²) in [5.41, 5.74) is 2.34. The van der Waals surface area contributed by atoms with E-state index < -0.39 is 0 Å². The first-order valence-corrected chi connectivity index (χ1v) is 5.97. The lowest BCUT2D eigenvalue weighted by Gasteiger charge is -2.01. The number of hydrogen-bond acceptors (Lipinski definition) is 1. The van der Waals surface area contributed by atoms with Crippen LogP contribution >= 0.6 is 12.6 Å². The number of hydrogen-bond donors (Lipinski definition) is 1. The Morgan fingerprint density at radius 1 is 0.800 bits per heavy atom. The summed E-state index contributed by atoms with van der Waals surface area (Å²) in [4.78, 5) is 3.09.